The number of carbonyl (C=O) groups is 2. The molecule has 1 aliphatic heterocycles. The number of rotatable bonds is 4. The molecule has 1 aromatic heterocycles. The van der Waals surface area contributed by atoms with Gasteiger partial charge in [0.2, 0.25) is 5.91 Å². The molecule has 1 spiro atoms. The number of nitrogens with zero attached hydrogens (tertiary/aromatic N) is 4. The number of hydrogen-bond acceptors (Lipinski definition) is 4. The average molecular weight is 379 g/mol. The molecule has 7 heteroatoms. The molecule has 2 heterocycles. The van der Waals surface area contributed by atoms with Crippen LogP contribution in [-0.4, -0.2) is 63.0 Å². The molecule has 3 aliphatic rings. The van der Waals surface area contributed by atoms with E-state index in [0.29, 0.717) is 23.3 Å². The van der Waals surface area contributed by atoms with Crippen LogP contribution in [0.25, 0.3) is 11.4 Å². The second kappa shape index (κ2) is 6.43. The summed E-state index contributed by atoms with van der Waals surface area (Å²) in [7, 11) is 1.95. The van der Waals surface area contributed by atoms with E-state index in [-0.39, 0.29) is 17.2 Å². The zero-order chi connectivity index (χ0) is 19.3. The van der Waals surface area contributed by atoms with Gasteiger partial charge >= 0.3 is 0 Å². The molecule has 1 N–H and O–H groups in total. The molecule has 2 amide bonds. The number of amides is 2. The van der Waals surface area contributed by atoms with Crippen LogP contribution >= 0.6 is 0 Å². The zero-order valence-corrected chi connectivity index (χ0v) is 16.1. The minimum atomic E-state index is 0.0508. The first-order valence-electron chi connectivity index (χ1n) is 10.1. The number of benzene rings is 1. The Morgan fingerprint density at radius 1 is 1.25 bits per heavy atom. The smallest absolute Gasteiger partial charge is 0.253 e. The van der Waals surface area contributed by atoms with E-state index in [1.807, 2.05) is 41.1 Å². The van der Waals surface area contributed by atoms with E-state index in [4.69, 9.17) is 0 Å². The highest BCUT2D eigenvalue weighted by Gasteiger charge is 2.60. The molecule has 1 atom stereocenters. The van der Waals surface area contributed by atoms with Gasteiger partial charge < -0.3 is 9.80 Å². The number of aromatic amines is 1. The molecule has 1 unspecified atom stereocenters. The number of hydrogen-bond donors (Lipinski definition) is 1. The van der Waals surface area contributed by atoms with Crippen LogP contribution < -0.4 is 0 Å². The largest absolute Gasteiger partial charge is 0.343 e. The van der Waals surface area contributed by atoms with Crippen LogP contribution in [0.2, 0.25) is 0 Å². The molecular formula is C21H25N5O2. The van der Waals surface area contributed by atoms with Gasteiger partial charge in [0, 0.05) is 43.2 Å². The number of aromatic nitrogens is 3. The summed E-state index contributed by atoms with van der Waals surface area (Å²) in [5, 5.41) is 6.70. The Morgan fingerprint density at radius 2 is 2.04 bits per heavy atom. The second-order valence-corrected chi connectivity index (χ2v) is 8.51. The molecule has 1 aromatic carbocycles. The van der Waals surface area contributed by atoms with E-state index in [1.54, 1.807) is 0 Å². The van der Waals surface area contributed by atoms with Crippen LogP contribution in [0.15, 0.2) is 30.6 Å². The van der Waals surface area contributed by atoms with Crippen LogP contribution in [-0.2, 0) is 4.79 Å². The minimum absolute atomic E-state index is 0.0508. The zero-order valence-electron chi connectivity index (χ0n) is 16.1. The van der Waals surface area contributed by atoms with Crippen molar-refractivity contribution in [3.63, 3.8) is 0 Å². The Labute approximate surface area is 164 Å². The second-order valence-electron chi connectivity index (χ2n) is 8.51. The van der Waals surface area contributed by atoms with Gasteiger partial charge in [-0.25, -0.2) is 4.98 Å². The van der Waals surface area contributed by atoms with Gasteiger partial charge in [0.05, 0.1) is 0 Å². The highest BCUT2D eigenvalue weighted by atomic mass is 16.2. The first-order chi connectivity index (χ1) is 13.6. The lowest BCUT2D eigenvalue weighted by Crippen LogP contribution is -2.41. The fourth-order valence-corrected chi connectivity index (χ4v) is 4.62. The van der Waals surface area contributed by atoms with Gasteiger partial charge in [-0.3, -0.25) is 14.7 Å². The van der Waals surface area contributed by atoms with Crippen molar-refractivity contribution >= 4 is 11.8 Å². The van der Waals surface area contributed by atoms with Crippen LogP contribution in [0.3, 0.4) is 0 Å². The normalized spacial score (nSPS) is 22.9. The van der Waals surface area contributed by atoms with Gasteiger partial charge in [-0.05, 0) is 49.7 Å². The number of nitrogens with one attached hydrogen (secondary N) is 1. The van der Waals surface area contributed by atoms with Crippen molar-refractivity contribution in [2.75, 3.05) is 20.1 Å². The average Bonchev–Trinajstić information content (AvgIpc) is 3.64. The summed E-state index contributed by atoms with van der Waals surface area (Å²) in [6.07, 6.45) is 6.60. The molecule has 0 bridgehead atoms. The first kappa shape index (κ1) is 17.4. The predicted molar refractivity (Wildman–Crippen MR) is 103 cm³/mol. The van der Waals surface area contributed by atoms with Crippen LogP contribution in [0, 0.1) is 11.3 Å². The lowest BCUT2D eigenvalue weighted by atomic mass is 9.90. The molecule has 2 aliphatic carbocycles. The van der Waals surface area contributed by atoms with Crippen LogP contribution in [0.4, 0.5) is 0 Å². The monoisotopic (exact) mass is 379 g/mol. The molecule has 3 fully saturated rings. The maximum atomic E-state index is 13.0. The van der Waals surface area contributed by atoms with Crippen molar-refractivity contribution in [2.24, 2.45) is 11.3 Å². The summed E-state index contributed by atoms with van der Waals surface area (Å²) < 4.78 is 0. The van der Waals surface area contributed by atoms with E-state index in [1.165, 1.54) is 6.33 Å². The summed E-state index contributed by atoms with van der Waals surface area (Å²) in [6, 6.07) is 7.98. The van der Waals surface area contributed by atoms with Crippen molar-refractivity contribution in [1.82, 2.24) is 25.0 Å². The van der Waals surface area contributed by atoms with Gasteiger partial charge in [0.1, 0.15) is 6.33 Å². The predicted octanol–water partition coefficient (Wildman–Crippen LogP) is 2.33. The number of piperidine rings is 1. The third-order valence-corrected chi connectivity index (χ3v) is 6.77. The van der Waals surface area contributed by atoms with Crippen molar-refractivity contribution in [3.05, 3.63) is 36.2 Å². The molecule has 5 rings (SSSR count). The molecule has 2 aromatic rings. The summed E-state index contributed by atoms with van der Waals surface area (Å²) in [6.45, 7) is 1.45. The Hall–Kier alpha value is -2.70. The highest BCUT2D eigenvalue weighted by Crippen LogP contribution is 2.60. The van der Waals surface area contributed by atoms with E-state index in [9.17, 15) is 9.59 Å². The SMILES string of the molecule is CN(C(=O)C1CC12CCN(C(=O)c1cccc(-c3ncn[nH]3)c1)CC2)C1CC1. The lowest BCUT2D eigenvalue weighted by Gasteiger charge is -2.33. The third-order valence-electron chi connectivity index (χ3n) is 6.77. The molecule has 0 radical (unpaired) electrons. The topological polar surface area (TPSA) is 82.2 Å². The summed E-state index contributed by atoms with van der Waals surface area (Å²) in [4.78, 5) is 33.7. The summed E-state index contributed by atoms with van der Waals surface area (Å²) >= 11 is 0. The van der Waals surface area contributed by atoms with E-state index in [2.05, 4.69) is 15.2 Å². The quantitative estimate of drug-likeness (QED) is 0.884. The standard InChI is InChI=1S/C21H25N5O2/c1-25(16-5-6-16)20(28)17-12-21(17)7-9-26(10-8-21)19(27)15-4-2-3-14(11-15)18-22-13-23-24-18/h2-4,11,13,16-17H,5-10,12H2,1H3,(H,22,23,24). The van der Waals surface area contributed by atoms with Gasteiger partial charge in [0.25, 0.3) is 5.91 Å². The van der Waals surface area contributed by atoms with Crippen LogP contribution in [0.1, 0.15) is 42.5 Å². The summed E-state index contributed by atoms with van der Waals surface area (Å²) in [5.41, 5.74) is 1.66. The van der Waals surface area contributed by atoms with E-state index >= 15 is 0 Å². The van der Waals surface area contributed by atoms with E-state index in [0.717, 1.165) is 50.8 Å². The maximum Gasteiger partial charge on any atom is 0.253 e. The van der Waals surface area contributed by atoms with Gasteiger partial charge in [0.15, 0.2) is 5.82 Å². The molecule has 28 heavy (non-hydrogen) atoms. The van der Waals surface area contributed by atoms with Crippen molar-refractivity contribution in [1.29, 1.82) is 0 Å². The molecule has 1 saturated heterocycles. The number of H-pyrrole nitrogens is 1. The Balaban J connectivity index is 1.22. The van der Waals surface area contributed by atoms with Gasteiger partial charge in [-0.2, -0.15) is 5.10 Å². The fourth-order valence-electron chi connectivity index (χ4n) is 4.62. The van der Waals surface area contributed by atoms with Gasteiger partial charge in [-0.15, -0.1) is 0 Å². The molecule has 2 saturated carbocycles. The molecular weight excluding hydrogens is 354 g/mol. The number of carbonyl (C=O) groups excluding carboxylic acids is 2. The van der Waals surface area contributed by atoms with E-state index < -0.39 is 0 Å². The first-order valence-corrected chi connectivity index (χ1v) is 10.1. The Kier molecular flexibility index (Phi) is 4.00. The minimum Gasteiger partial charge on any atom is -0.343 e. The van der Waals surface area contributed by atoms with Crippen molar-refractivity contribution in [2.45, 2.75) is 38.1 Å². The van der Waals surface area contributed by atoms with Gasteiger partial charge in [-0.1, -0.05) is 12.1 Å². The van der Waals surface area contributed by atoms with Crippen LogP contribution in [0.5, 0.6) is 0 Å². The number of likely N-dealkylation sites (tertiary alicyclic amines) is 1. The molecule has 7 nitrogen and oxygen atoms in total. The maximum absolute atomic E-state index is 13.0. The van der Waals surface area contributed by atoms with Crippen molar-refractivity contribution < 1.29 is 9.59 Å². The third kappa shape index (κ3) is 2.99. The summed E-state index contributed by atoms with van der Waals surface area (Å²) in [5.74, 6) is 1.20. The lowest BCUT2D eigenvalue weighted by molar-refractivity contribution is -0.132. The molecule has 146 valence electrons. The fraction of sp³-hybridized carbons (Fsp3) is 0.524. The Bertz CT molecular complexity index is 897. The highest BCUT2D eigenvalue weighted by molar-refractivity contribution is 5.95. The Morgan fingerprint density at radius 3 is 2.71 bits per heavy atom. The van der Waals surface area contributed by atoms with Crippen molar-refractivity contribution in [3.8, 4) is 11.4 Å².